The van der Waals surface area contributed by atoms with Crippen molar-refractivity contribution in [1.82, 2.24) is 0 Å². The van der Waals surface area contributed by atoms with Gasteiger partial charge in [0.05, 0.1) is 26.7 Å². The topological polar surface area (TPSA) is 45.6 Å². The molecule has 3 heterocycles. The normalized spacial score (nSPS) is 22.2. The first-order chi connectivity index (χ1) is 9.20. The molecular formula is C14H19ClN4+2. The van der Waals surface area contributed by atoms with Crippen LogP contribution < -0.4 is 14.8 Å². The van der Waals surface area contributed by atoms with Gasteiger partial charge in [0.1, 0.15) is 23.7 Å². The molecule has 1 atom stereocenters. The second kappa shape index (κ2) is 4.99. The van der Waals surface area contributed by atoms with E-state index in [4.69, 9.17) is 11.6 Å². The number of H-pyrrole nitrogens is 1. The van der Waals surface area contributed by atoms with E-state index in [-0.39, 0.29) is 0 Å². The Morgan fingerprint density at radius 3 is 2.74 bits per heavy atom. The van der Waals surface area contributed by atoms with Gasteiger partial charge in [-0.25, -0.2) is 4.98 Å². The standard InChI is InChI=1S/C14H17ClN4/c1-18-7-4-10-11(8-16)13(15)17-14(12(10)9-18)19-5-2-3-6-19/h2-7,9H2,1H3/p+2. The summed E-state index contributed by atoms with van der Waals surface area (Å²) in [6, 6.07) is 2.27. The van der Waals surface area contributed by atoms with E-state index in [1.807, 2.05) is 0 Å². The molecule has 0 saturated carbocycles. The first-order valence-electron chi connectivity index (χ1n) is 6.93. The van der Waals surface area contributed by atoms with E-state index in [2.05, 4.69) is 23.0 Å². The average molecular weight is 279 g/mol. The Hall–Kier alpha value is -1.31. The van der Waals surface area contributed by atoms with Gasteiger partial charge in [0, 0.05) is 6.42 Å². The summed E-state index contributed by atoms with van der Waals surface area (Å²) in [6.45, 7) is 4.22. The van der Waals surface area contributed by atoms with E-state index in [1.165, 1.54) is 28.9 Å². The summed E-state index contributed by atoms with van der Waals surface area (Å²) in [5, 5.41) is 9.82. The number of nitriles is 1. The Labute approximate surface area is 118 Å². The zero-order chi connectivity index (χ0) is 13.4. The van der Waals surface area contributed by atoms with E-state index in [1.54, 1.807) is 0 Å². The number of quaternary nitrogens is 1. The summed E-state index contributed by atoms with van der Waals surface area (Å²) in [5.74, 6) is 1.15. The van der Waals surface area contributed by atoms with Gasteiger partial charge < -0.3 is 4.90 Å². The highest BCUT2D eigenvalue weighted by Crippen LogP contribution is 2.28. The maximum Gasteiger partial charge on any atom is 0.284 e. The van der Waals surface area contributed by atoms with Gasteiger partial charge in [-0.3, -0.25) is 4.90 Å². The smallest absolute Gasteiger partial charge is 0.284 e. The number of hydrogen-bond acceptors (Lipinski definition) is 2. The minimum Gasteiger partial charge on any atom is -0.333 e. The Morgan fingerprint density at radius 2 is 2.05 bits per heavy atom. The van der Waals surface area contributed by atoms with Crippen LogP contribution in [0.1, 0.15) is 29.5 Å². The van der Waals surface area contributed by atoms with Crippen molar-refractivity contribution in [1.29, 1.82) is 5.26 Å². The van der Waals surface area contributed by atoms with Crippen LogP contribution in [0.4, 0.5) is 5.82 Å². The van der Waals surface area contributed by atoms with Crippen LogP contribution in [0.15, 0.2) is 0 Å². The van der Waals surface area contributed by atoms with Crippen LogP contribution in [0, 0.1) is 11.3 Å². The number of rotatable bonds is 1. The van der Waals surface area contributed by atoms with Gasteiger partial charge in [0.2, 0.25) is 5.15 Å². The number of pyridine rings is 1. The van der Waals surface area contributed by atoms with Crippen molar-refractivity contribution in [3.63, 3.8) is 0 Å². The SMILES string of the molecule is C[NH+]1CCc2c(C#N)c(Cl)[nH+]c(N3CCCC3)c2C1. The van der Waals surface area contributed by atoms with Crippen molar-refractivity contribution < 1.29 is 9.88 Å². The summed E-state index contributed by atoms with van der Waals surface area (Å²) in [7, 11) is 2.21. The third-order valence-electron chi connectivity index (χ3n) is 4.21. The number of nitrogens with one attached hydrogen (secondary N) is 2. The molecule has 100 valence electrons. The van der Waals surface area contributed by atoms with E-state index >= 15 is 0 Å². The third-order valence-corrected chi connectivity index (χ3v) is 4.50. The minimum absolute atomic E-state index is 0.503. The van der Waals surface area contributed by atoms with Crippen LogP contribution in [0.5, 0.6) is 0 Å². The number of aromatic amines is 1. The van der Waals surface area contributed by atoms with Crippen molar-refractivity contribution in [2.24, 2.45) is 0 Å². The number of fused-ring (bicyclic) bond motifs is 1. The highest BCUT2D eigenvalue weighted by molar-refractivity contribution is 6.29. The number of likely N-dealkylation sites (N-methyl/N-ethyl adjacent to an activating group) is 1. The molecule has 0 radical (unpaired) electrons. The molecule has 4 nitrogen and oxygen atoms in total. The predicted molar refractivity (Wildman–Crippen MR) is 73.3 cm³/mol. The molecule has 1 aromatic heterocycles. The Bertz CT molecular complexity index is 543. The Morgan fingerprint density at radius 1 is 1.32 bits per heavy atom. The lowest BCUT2D eigenvalue weighted by Gasteiger charge is -2.25. The lowest BCUT2D eigenvalue weighted by atomic mass is 9.96. The number of halogens is 1. The van der Waals surface area contributed by atoms with Gasteiger partial charge in [-0.15, -0.1) is 0 Å². The lowest BCUT2D eigenvalue weighted by molar-refractivity contribution is -0.895. The van der Waals surface area contributed by atoms with E-state index in [0.29, 0.717) is 10.7 Å². The highest BCUT2D eigenvalue weighted by Gasteiger charge is 2.33. The highest BCUT2D eigenvalue weighted by atomic mass is 35.5. The molecule has 0 amide bonds. The number of aromatic nitrogens is 1. The maximum absolute atomic E-state index is 9.32. The van der Waals surface area contributed by atoms with E-state index in [0.717, 1.165) is 38.4 Å². The fraction of sp³-hybridized carbons (Fsp3) is 0.571. The molecule has 2 N–H and O–H groups in total. The van der Waals surface area contributed by atoms with Crippen molar-refractivity contribution in [3.8, 4) is 6.07 Å². The summed E-state index contributed by atoms with van der Waals surface area (Å²) >= 11 is 6.27. The van der Waals surface area contributed by atoms with Crippen LogP contribution in [0.2, 0.25) is 5.15 Å². The largest absolute Gasteiger partial charge is 0.333 e. The Balaban J connectivity index is 2.14. The Kier molecular flexibility index (Phi) is 3.34. The zero-order valence-corrected chi connectivity index (χ0v) is 12.0. The summed E-state index contributed by atoms with van der Waals surface area (Å²) in [6.07, 6.45) is 3.42. The molecule has 0 spiro atoms. The van der Waals surface area contributed by atoms with Gasteiger partial charge in [0.25, 0.3) is 5.82 Å². The minimum atomic E-state index is 0.503. The molecule has 1 fully saturated rings. The van der Waals surface area contributed by atoms with Crippen molar-refractivity contribution in [3.05, 3.63) is 21.8 Å². The summed E-state index contributed by atoms with van der Waals surface area (Å²) in [4.78, 5) is 7.15. The van der Waals surface area contributed by atoms with Crippen LogP contribution in [-0.4, -0.2) is 26.7 Å². The molecule has 3 rings (SSSR count). The quantitative estimate of drug-likeness (QED) is 0.746. The van der Waals surface area contributed by atoms with Gasteiger partial charge >= 0.3 is 0 Å². The van der Waals surface area contributed by atoms with Crippen LogP contribution in [0.3, 0.4) is 0 Å². The van der Waals surface area contributed by atoms with Crippen molar-refractivity contribution >= 4 is 17.4 Å². The molecule has 0 aliphatic carbocycles. The average Bonchev–Trinajstić information content (AvgIpc) is 2.92. The van der Waals surface area contributed by atoms with Gasteiger partial charge in [-0.2, -0.15) is 5.26 Å². The number of nitrogens with zero attached hydrogens (tertiary/aromatic N) is 2. The van der Waals surface area contributed by atoms with E-state index in [9.17, 15) is 5.26 Å². The van der Waals surface area contributed by atoms with Gasteiger partial charge in [-0.05, 0) is 30.0 Å². The van der Waals surface area contributed by atoms with Crippen LogP contribution >= 0.6 is 11.6 Å². The zero-order valence-electron chi connectivity index (χ0n) is 11.2. The molecule has 2 aliphatic heterocycles. The molecule has 1 aromatic rings. The second-order valence-corrected chi connectivity index (χ2v) is 5.94. The molecule has 19 heavy (non-hydrogen) atoms. The van der Waals surface area contributed by atoms with Crippen LogP contribution in [0.25, 0.3) is 0 Å². The fourth-order valence-corrected chi connectivity index (χ4v) is 3.44. The third kappa shape index (κ3) is 2.18. The summed E-state index contributed by atoms with van der Waals surface area (Å²) in [5.41, 5.74) is 3.11. The molecule has 2 aliphatic rings. The van der Waals surface area contributed by atoms with Gasteiger partial charge in [-0.1, -0.05) is 0 Å². The predicted octanol–water partition coefficient (Wildman–Crippen LogP) is 0.197. The molecule has 0 aromatic carbocycles. The van der Waals surface area contributed by atoms with E-state index < -0.39 is 0 Å². The van der Waals surface area contributed by atoms with Gasteiger partial charge in [0.15, 0.2) is 0 Å². The number of hydrogen-bond donors (Lipinski definition) is 1. The van der Waals surface area contributed by atoms with Crippen molar-refractivity contribution in [2.45, 2.75) is 25.8 Å². The fourth-order valence-electron chi connectivity index (χ4n) is 3.19. The summed E-state index contributed by atoms with van der Waals surface area (Å²) < 4.78 is 0. The number of anilines is 1. The van der Waals surface area contributed by atoms with Crippen molar-refractivity contribution in [2.75, 3.05) is 31.6 Å². The molecule has 0 bridgehead atoms. The van der Waals surface area contributed by atoms with Crippen LogP contribution in [-0.2, 0) is 13.0 Å². The molecule has 1 saturated heterocycles. The molecular weight excluding hydrogens is 260 g/mol. The second-order valence-electron chi connectivity index (χ2n) is 5.56. The first-order valence-corrected chi connectivity index (χ1v) is 7.31. The molecule has 1 unspecified atom stereocenters. The first kappa shape index (κ1) is 12.7. The monoisotopic (exact) mass is 278 g/mol. The molecule has 5 heteroatoms. The lowest BCUT2D eigenvalue weighted by Crippen LogP contribution is -3.08. The maximum atomic E-state index is 9.32.